The van der Waals surface area contributed by atoms with E-state index in [0.29, 0.717) is 18.2 Å². The van der Waals surface area contributed by atoms with Crippen LogP contribution >= 0.6 is 23.4 Å². The molecule has 7 heteroatoms. The molecule has 2 fully saturated rings. The summed E-state index contributed by atoms with van der Waals surface area (Å²) in [5.74, 6) is 0.318. The van der Waals surface area contributed by atoms with Crippen LogP contribution in [0.3, 0.4) is 0 Å². The first-order chi connectivity index (χ1) is 12.5. The van der Waals surface area contributed by atoms with Crippen molar-refractivity contribution in [2.24, 2.45) is 4.99 Å². The highest BCUT2D eigenvalue weighted by Gasteiger charge is 2.30. The van der Waals surface area contributed by atoms with Crippen LogP contribution in [0.15, 0.2) is 23.2 Å². The van der Waals surface area contributed by atoms with E-state index in [4.69, 9.17) is 16.6 Å². The van der Waals surface area contributed by atoms with Crippen molar-refractivity contribution in [3.05, 3.63) is 29.0 Å². The summed E-state index contributed by atoms with van der Waals surface area (Å²) in [6, 6.07) is 4.52. The van der Waals surface area contributed by atoms with Gasteiger partial charge in [-0.1, -0.05) is 49.0 Å². The van der Waals surface area contributed by atoms with Gasteiger partial charge in [0.15, 0.2) is 5.17 Å². The number of nitrogens with one attached hydrogen (secondary N) is 1. The van der Waals surface area contributed by atoms with Crippen LogP contribution in [0.5, 0.6) is 0 Å². The molecule has 1 aromatic carbocycles. The topological polar surface area (TPSA) is 44.7 Å². The third kappa shape index (κ3) is 5.13. The van der Waals surface area contributed by atoms with Gasteiger partial charge >= 0.3 is 0 Å². The summed E-state index contributed by atoms with van der Waals surface area (Å²) in [5.41, 5.74) is 0.443. The number of benzene rings is 1. The fourth-order valence-electron chi connectivity index (χ4n) is 3.41. The zero-order chi connectivity index (χ0) is 18.5. The third-order valence-corrected chi connectivity index (χ3v) is 6.51. The average Bonchev–Trinajstić information content (AvgIpc) is 2.80. The van der Waals surface area contributed by atoms with Crippen LogP contribution in [0, 0.1) is 5.82 Å². The predicted molar refractivity (Wildman–Crippen MR) is 108 cm³/mol. The molecule has 4 nitrogen and oxygen atoms in total. The van der Waals surface area contributed by atoms with Crippen molar-refractivity contribution in [1.29, 1.82) is 0 Å². The summed E-state index contributed by atoms with van der Waals surface area (Å²) in [7, 11) is 2.01. The Morgan fingerprint density at radius 3 is 2.77 bits per heavy atom. The number of carbonyl (C=O) groups excluding carboxylic acids is 1. The van der Waals surface area contributed by atoms with Crippen LogP contribution in [-0.2, 0) is 4.79 Å². The number of anilines is 1. The maximum absolute atomic E-state index is 13.1. The predicted octanol–water partition coefficient (Wildman–Crippen LogP) is 4.93. The van der Waals surface area contributed by atoms with E-state index in [1.807, 2.05) is 7.05 Å². The lowest BCUT2D eigenvalue weighted by molar-refractivity contribution is -0.116. The molecule has 2 aliphatic rings. The first-order valence-corrected chi connectivity index (χ1v) is 10.6. The van der Waals surface area contributed by atoms with Crippen LogP contribution < -0.4 is 5.32 Å². The number of thioether (sulfide) groups is 1. The van der Waals surface area contributed by atoms with Crippen molar-refractivity contribution >= 4 is 40.1 Å². The van der Waals surface area contributed by atoms with Gasteiger partial charge in [-0.2, -0.15) is 0 Å². The molecular weight excluding hydrogens is 373 g/mol. The highest BCUT2D eigenvalue weighted by molar-refractivity contribution is 8.14. The standard InChI is InChI=1S/C19H25ClFN3OS/c1-24-15(11-18(25)23-17-9-8-13(21)10-16(17)20)12-26-19(24)22-14-6-4-2-3-5-7-14/h8-10,14-15H,2-7,11-12H2,1H3,(H,23,25). The smallest absolute Gasteiger partial charge is 0.226 e. The molecule has 1 heterocycles. The number of hydrogen-bond donors (Lipinski definition) is 1. The lowest BCUT2D eigenvalue weighted by atomic mass is 10.1. The quantitative estimate of drug-likeness (QED) is 0.732. The fraction of sp³-hybridized carbons (Fsp3) is 0.579. The van der Waals surface area contributed by atoms with Crippen molar-refractivity contribution in [3.8, 4) is 0 Å². The Balaban J connectivity index is 1.56. The number of amidine groups is 1. The molecule has 26 heavy (non-hydrogen) atoms. The van der Waals surface area contributed by atoms with Gasteiger partial charge in [0.05, 0.1) is 16.8 Å². The summed E-state index contributed by atoms with van der Waals surface area (Å²) in [6.45, 7) is 0. The molecule has 142 valence electrons. The summed E-state index contributed by atoms with van der Waals surface area (Å²) < 4.78 is 13.1. The molecule has 1 unspecified atom stereocenters. The number of carbonyl (C=O) groups is 1. The van der Waals surface area contributed by atoms with Gasteiger partial charge in [0, 0.05) is 25.3 Å². The average molecular weight is 398 g/mol. The van der Waals surface area contributed by atoms with Crippen LogP contribution in [0.1, 0.15) is 44.9 Å². The van der Waals surface area contributed by atoms with Crippen molar-refractivity contribution in [2.45, 2.75) is 57.0 Å². The minimum Gasteiger partial charge on any atom is -0.350 e. The van der Waals surface area contributed by atoms with E-state index in [0.717, 1.165) is 10.9 Å². The van der Waals surface area contributed by atoms with Gasteiger partial charge in [-0.05, 0) is 31.0 Å². The zero-order valence-electron chi connectivity index (χ0n) is 15.0. The molecule has 0 bridgehead atoms. The number of nitrogens with zero attached hydrogens (tertiary/aromatic N) is 2. The lowest BCUT2D eigenvalue weighted by Crippen LogP contribution is -2.34. The van der Waals surface area contributed by atoms with E-state index < -0.39 is 5.82 Å². The van der Waals surface area contributed by atoms with Crippen molar-refractivity contribution in [3.63, 3.8) is 0 Å². The number of amides is 1. The molecule has 1 aliphatic carbocycles. The molecule has 1 atom stereocenters. The maximum Gasteiger partial charge on any atom is 0.226 e. The van der Waals surface area contributed by atoms with Crippen molar-refractivity contribution in [1.82, 2.24) is 4.90 Å². The minimum atomic E-state index is -0.417. The molecule has 1 aromatic rings. The minimum absolute atomic E-state index is 0.115. The van der Waals surface area contributed by atoms with E-state index in [-0.39, 0.29) is 17.0 Å². The normalized spacial score (nSPS) is 23.3. The van der Waals surface area contributed by atoms with Gasteiger partial charge in [-0.15, -0.1) is 0 Å². The fourth-order valence-corrected chi connectivity index (χ4v) is 4.89. The first-order valence-electron chi connectivity index (χ1n) is 9.21. The lowest BCUT2D eigenvalue weighted by Gasteiger charge is -2.22. The number of rotatable bonds is 4. The second kappa shape index (κ2) is 9.09. The molecule has 3 rings (SSSR count). The van der Waals surface area contributed by atoms with Gasteiger partial charge in [-0.3, -0.25) is 9.79 Å². The Morgan fingerprint density at radius 1 is 1.35 bits per heavy atom. The molecule has 1 amide bonds. The third-order valence-electron chi connectivity index (χ3n) is 5.00. The van der Waals surface area contributed by atoms with Gasteiger partial charge in [0.25, 0.3) is 0 Å². The largest absolute Gasteiger partial charge is 0.350 e. The van der Waals surface area contributed by atoms with Crippen LogP contribution in [-0.4, -0.2) is 40.9 Å². The Bertz CT molecular complexity index is 677. The van der Waals surface area contributed by atoms with Crippen LogP contribution in [0.4, 0.5) is 10.1 Å². The van der Waals surface area contributed by atoms with E-state index in [1.54, 1.807) is 11.8 Å². The van der Waals surface area contributed by atoms with Gasteiger partial charge in [-0.25, -0.2) is 4.39 Å². The van der Waals surface area contributed by atoms with Crippen molar-refractivity contribution < 1.29 is 9.18 Å². The van der Waals surface area contributed by atoms with Gasteiger partial charge in [0.2, 0.25) is 5.91 Å². The summed E-state index contributed by atoms with van der Waals surface area (Å²) in [5, 5.41) is 4.04. The molecule has 0 spiro atoms. The summed E-state index contributed by atoms with van der Waals surface area (Å²) in [6.07, 6.45) is 7.87. The second-order valence-corrected chi connectivity index (χ2v) is 8.40. The van der Waals surface area contributed by atoms with E-state index in [1.165, 1.54) is 56.7 Å². The van der Waals surface area contributed by atoms with E-state index >= 15 is 0 Å². The number of aliphatic imine (C=N–C) groups is 1. The van der Waals surface area contributed by atoms with Crippen LogP contribution in [0.25, 0.3) is 0 Å². The highest BCUT2D eigenvalue weighted by Crippen LogP contribution is 2.29. The maximum atomic E-state index is 13.1. The van der Waals surface area contributed by atoms with Gasteiger partial charge < -0.3 is 10.2 Å². The highest BCUT2D eigenvalue weighted by atomic mass is 35.5. The Labute approximate surface area is 163 Å². The monoisotopic (exact) mass is 397 g/mol. The molecule has 1 N–H and O–H groups in total. The number of hydrogen-bond acceptors (Lipinski definition) is 3. The molecule has 1 aliphatic heterocycles. The van der Waals surface area contributed by atoms with Crippen LogP contribution in [0.2, 0.25) is 5.02 Å². The number of halogens is 2. The summed E-state index contributed by atoms with van der Waals surface area (Å²) in [4.78, 5) is 19.4. The summed E-state index contributed by atoms with van der Waals surface area (Å²) >= 11 is 7.71. The molecule has 0 aromatic heterocycles. The molecule has 1 saturated heterocycles. The van der Waals surface area contributed by atoms with Gasteiger partial charge in [0.1, 0.15) is 5.82 Å². The Kier molecular flexibility index (Phi) is 6.81. The van der Waals surface area contributed by atoms with Crippen molar-refractivity contribution in [2.75, 3.05) is 18.1 Å². The molecular formula is C19H25ClFN3OS. The Hall–Kier alpha value is -1.27. The second-order valence-electron chi connectivity index (χ2n) is 7.01. The van der Waals surface area contributed by atoms with E-state index in [9.17, 15) is 9.18 Å². The first kappa shape index (κ1) is 19.5. The van der Waals surface area contributed by atoms with E-state index in [2.05, 4.69) is 10.2 Å². The Morgan fingerprint density at radius 2 is 2.08 bits per heavy atom. The molecule has 1 saturated carbocycles. The zero-order valence-corrected chi connectivity index (χ0v) is 16.6. The SMILES string of the molecule is CN1C(=NC2CCCCCC2)SCC1CC(=O)Nc1ccc(F)cc1Cl. The molecule has 0 radical (unpaired) electrons.